The van der Waals surface area contributed by atoms with Crippen LogP contribution in [0.5, 0.6) is 0 Å². The first-order valence-corrected chi connectivity index (χ1v) is 6.17. The highest BCUT2D eigenvalue weighted by Crippen LogP contribution is 2.15. The number of carbonyl (C=O) groups is 1. The van der Waals surface area contributed by atoms with Gasteiger partial charge in [0.25, 0.3) is 0 Å². The molecule has 0 aliphatic heterocycles. The van der Waals surface area contributed by atoms with Crippen LogP contribution in [-0.4, -0.2) is 20.7 Å². The quantitative estimate of drug-likeness (QED) is 0.732. The minimum absolute atomic E-state index is 0.0164. The van der Waals surface area contributed by atoms with Gasteiger partial charge in [-0.2, -0.15) is 0 Å². The van der Waals surface area contributed by atoms with Crippen molar-refractivity contribution in [3.8, 4) is 0 Å². The third kappa shape index (κ3) is 2.33. The zero-order valence-electron chi connectivity index (χ0n) is 10.7. The average Bonchev–Trinajstić information content (AvgIpc) is 2.49. The number of nitrogens with zero attached hydrogens (tertiary/aromatic N) is 3. The number of nitrogens with two attached hydrogens (primary N) is 1. The molecule has 0 saturated heterocycles. The Balaban J connectivity index is 1.91. The normalized spacial score (nSPS) is 10.6. The molecule has 3 aromatic rings. The lowest BCUT2D eigenvalue weighted by Gasteiger charge is -2.04. The predicted molar refractivity (Wildman–Crippen MR) is 76.2 cm³/mol. The molecular weight excluding hydrogens is 252 g/mol. The molecular formula is C15H12N4O. The Hall–Kier alpha value is -2.82. The number of pyridine rings is 1. The molecule has 2 N–H and O–H groups in total. The molecule has 0 radical (unpaired) electrons. The number of fused-ring (bicyclic) bond motifs is 1. The standard InChI is InChI=1S/C15H12N4O/c16-15-11(2-1-5-19-15)9-14(20)10-3-4-12-13(8-10)18-7-6-17-12/h1-8H,9H2,(H2,16,19). The maximum absolute atomic E-state index is 12.3. The van der Waals surface area contributed by atoms with E-state index in [9.17, 15) is 4.79 Å². The van der Waals surface area contributed by atoms with Crippen molar-refractivity contribution >= 4 is 22.6 Å². The van der Waals surface area contributed by atoms with Gasteiger partial charge < -0.3 is 5.73 Å². The van der Waals surface area contributed by atoms with E-state index in [1.54, 1.807) is 48.9 Å². The van der Waals surface area contributed by atoms with E-state index < -0.39 is 0 Å². The van der Waals surface area contributed by atoms with Gasteiger partial charge in [0.1, 0.15) is 5.82 Å². The van der Waals surface area contributed by atoms with Gasteiger partial charge in [0.2, 0.25) is 0 Å². The number of rotatable bonds is 3. The molecule has 20 heavy (non-hydrogen) atoms. The lowest BCUT2D eigenvalue weighted by molar-refractivity contribution is 0.0993. The first-order valence-electron chi connectivity index (χ1n) is 6.17. The van der Waals surface area contributed by atoms with Gasteiger partial charge in [0, 0.05) is 36.1 Å². The Morgan fingerprint density at radius 3 is 2.60 bits per heavy atom. The van der Waals surface area contributed by atoms with Crippen molar-refractivity contribution in [3.63, 3.8) is 0 Å². The molecule has 0 bridgehead atoms. The minimum atomic E-state index is -0.0164. The van der Waals surface area contributed by atoms with Gasteiger partial charge in [0.05, 0.1) is 11.0 Å². The Morgan fingerprint density at radius 2 is 1.80 bits per heavy atom. The number of hydrogen-bond donors (Lipinski definition) is 1. The first-order chi connectivity index (χ1) is 9.74. The molecule has 0 atom stereocenters. The van der Waals surface area contributed by atoms with Crippen LogP contribution in [0.15, 0.2) is 48.9 Å². The summed E-state index contributed by atoms with van der Waals surface area (Å²) in [5.74, 6) is 0.374. The Bertz CT molecular complexity index is 785. The van der Waals surface area contributed by atoms with Crippen LogP contribution in [0, 0.1) is 0 Å². The van der Waals surface area contributed by atoms with Crippen molar-refractivity contribution in [1.29, 1.82) is 0 Å². The number of nitrogen functional groups attached to an aromatic ring is 1. The van der Waals surface area contributed by atoms with E-state index in [2.05, 4.69) is 15.0 Å². The van der Waals surface area contributed by atoms with Crippen LogP contribution in [0.4, 0.5) is 5.82 Å². The second-order valence-corrected chi connectivity index (χ2v) is 4.41. The summed E-state index contributed by atoms with van der Waals surface area (Å²) in [6, 6.07) is 8.87. The SMILES string of the molecule is Nc1ncccc1CC(=O)c1ccc2nccnc2c1. The van der Waals surface area contributed by atoms with Crippen LogP contribution in [-0.2, 0) is 6.42 Å². The fraction of sp³-hybridized carbons (Fsp3) is 0.0667. The minimum Gasteiger partial charge on any atom is -0.383 e. The predicted octanol–water partition coefficient (Wildman–Crippen LogP) is 2.03. The molecule has 0 saturated carbocycles. The van der Waals surface area contributed by atoms with Crippen molar-refractivity contribution in [3.05, 3.63) is 60.0 Å². The van der Waals surface area contributed by atoms with Crippen LogP contribution >= 0.6 is 0 Å². The maximum Gasteiger partial charge on any atom is 0.167 e. The summed E-state index contributed by atoms with van der Waals surface area (Å²) >= 11 is 0. The second-order valence-electron chi connectivity index (χ2n) is 4.41. The topological polar surface area (TPSA) is 81.8 Å². The zero-order chi connectivity index (χ0) is 13.9. The lowest BCUT2D eigenvalue weighted by Crippen LogP contribution is -2.07. The molecule has 1 aromatic carbocycles. The summed E-state index contributed by atoms with van der Waals surface area (Å²) in [7, 11) is 0. The Labute approximate surface area is 115 Å². The summed E-state index contributed by atoms with van der Waals surface area (Å²) in [6.07, 6.45) is 5.07. The van der Waals surface area contributed by atoms with Crippen LogP contribution < -0.4 is 5.73 Å². The van der Waals surface area contributed by atoms with Crippen molar-refractivity contribution < 1.29 is 4.79 Å². The van der Waals surface area contributed by atoms with Gasteiger partial charge in [0.15, 0.2) is 5.78 Å². The molecule has 0 aliphatic carbocycles. The van der Waals surface area contributed by atoms with E-state index in [0.717, 1.165) is 11.1 Å². The number of Topliss-reactive ketones (excluding diaryl/α,β-unsaturated/α-hetero) is 1. The number of hydrogen-bond acceptors (Lipinski definition) is 5. The molecule has 3 rings (SSSR count). The van der Waals surface area contributed by atoms with E-state index >= 15 is 0 Å². The maximum atomic E-state index is 12.3. The van der Waals surface area contributed by atoms with Crippen LogP contribution in [0.25, 0.3) is 11.0 Å². The molecule has 2 heterocycles. The largest absolute Gasteiger partial charge is 0.383 e. The van der Waals surface area contributed by atoms with Crippen molar-refractivity contribution in [2.75, 3.05) is 5.73 Å². The monoisotopic (exact) mass is 264 g/mol. The van der Waals surface area contributed by atoms with Gasteiger partial charge in [-0.05, 0) is 24.3 Å². The summed E-state index contributed by atoms with van der Waals surface area (Å²) < 4.78 is 0. The lowest BCUT2D eigenvalue weighted by atomic mass is 10.0. The molecule has 0 fully saturated rings. The second kappa shape index (κ2) is 5.05. The molecule has 0 spiro atoms. The highest BCUT2D eigenvalue weighted by Gasteiger charge is 2.10. The molecule has 2 aromatic heterocycles. The third-order valence-corrected chi connectivity index (χ3v) is 3.07. The molecule has 98 valence electrons. The fourth-order valence-electron chi connectivity index (χ4n) is 2.01. The summed E-state index contributed by atoms with van der Waals surface area (Å²) in [6.45, 7) is 0. The van der Waals surface area contributed by atoms with Gasteiger partial charge >= 0.3 is 0 Å². The smallest absolute Gasteiger partial charge is 0.167 e. The van der Waals surface area contributed by atoms with Crippen molar-refractivity contribution in [1.82, 2.24) is 15.0 Å². The van der Waals surface area contributed by atoms with Crippen LogP contribution in [0.3, 0.4) is 0 Å². The molecule has 0 unspecified atom stereocenters. The first kappa shape index (κ1) is 12.2. The van der Waals surface area contributed by atoms with Crippen molar-refractivity contribution in [2.45, 2.75) is 6.42 Å². The Morgan fingerprint density at radius 1 is 1.00 bits per heavy atom. The van der Waals surface area contributed by atoms with Gasteiger partial charge in [-0.25, -0.2) is 4.98 Å². The summed E-state index contributed by atoms with van der Waals surface area (Å²) in [4.78, 5) is 24.6. The average molecular weight is 264 g/mol. The zero-order valence-corrected chi connectivity index (χ0v) is 10.7. The fourth-order valence-corrected chi connectivity index (χ4v) is 2.01. The highest BCUT2D eigenvalue weighted by atomic mass is 16.1. The number of benzene rings is 1. The van der Waals surface area contributed by atoms with Crippen LogP contribution in [0.2, 0.25) is 0 Å². The van der Waals surface area contributed by atoms with Gasteiger partial charge in [-0.3, -0.25) is 14.8 Å². The molecule has 0 amide bonds. The van der Waals surface area contributed by atoms with E-state index in [1.807, 2.05) is 0 Å². The highest BCUT2D eigenvalue weighted by molar-refractivity contribution is 6.00. The summed E-state index contributed by atoms with van der Waals surface area (Å²) in [5.41, 5.74) is 8.56. The summed E-state index contributed by atoms with van der Waals surface area (Å²) in [5, 5.41) is 0. The molecule has 5 heteroatoms. The molecule has 5 nitrogen and oxygen atoms in total. The Kier molecular flexibility index (Phi) is 3.09. The molecule has 0 aliphatic rings. The van der Waals surface area contributed by atoms with Gasteiger partial charge in [-0.15, -0.1) is 0 Å². The number of aromatic nitrogens is 3. The van der Waals surface area contributed by atoms with Gasteiger partial charge in [-0.1, -0.05) is 6.07 Å². The number of carbonyl (C=O) groups excluding carboxylic acids is 1. The van der Waals surface area contributed by atoms with E-state index in [1.165, 1.54) is 0 Å². The van der Waals surface area contributed by atoms with E-state index in [4.69, 9.17) is 5.73 Å². The van der Waals surface area contributed by atoms with E-state index in [-0.39, 0.29) is 12.2 Å². The van der Waals surface area contributed by atoms with Crippen LogP contribution in [0.1, 0.15) is 15.9 Å². The van der Waals surface area contributed by atoms with Crippen molar-refractivity contribution in [2.24, 2.45) is 0 Å². The third-order valence-electron chi connectivity index (χ3n) is 3.07. The number of anilines is 1. The number of ketones is 1. The van der Waals surface area contributed by atoms with E-state index in [0.29, 0.717) is 16.9 Å².